The Hall–Kier alpha value is -1.77. The van der Waals surface area contributed by atoms with Crippen molar-refractivity contribution in [2.24, 2.45) is 0 Å². The van der Waals surface area contributed by atoms with Crippen LogP contribution in [-0.4, -0.2) is 0 Å². The van der Waals surface area contributed by atoms with Crippen molar-refractivity contribution >= 4 is 0 Å². The van der Waals surface area contributed by atoms with E-state index < -0.39 is 17.5 Å². The average Bonchev–Trinajstić information content (AvgIpc) is 2.26. The summed E-state index contributed by atoms with van der Waals surface area (Å²) in [5.74, 6) is -1.69. The maximum atomic E-state index is 13.7. The molecule has 0 aliphatic heterocycles. The Labute approximate surface area is 91.4 Å². The summed E-state index contributed by atoms with van der Waals surface area (Å²) in [6.45, 7) is 1.35. The topological polar surface area (TPSA) is 0 Å². The lowest BCUT2D eigenvalue weighted by atomic mass is 10.0. The maximum absolute atomic E-state index is 13.7. The molecule has 3 heteroatoms. The molecular formula is C13H9F3. The van der Waals surface area contributed by atoms with Gasteiger partial charge in [-0.05, 0) is 36.8 Å². The molecule has 2 aromatic carbocycles. The largest absolute Gasteiger partial charge is 0.207 e. The molecule has 0 atom stereocenters. The zero-order valence-corrected chi connectivity index (χ0v) is 8.60. The molecule has 0 aliphatic carbocycles. The normalized spacial score (nSPS) is 10.5. The van der Waals surface area contributed by atoms with Crippen LogP contribution in [0.2, 0.25) is 0 Å². The van der Waals surface area contributed by atoms with Gasteiger partial charge in [0.15, 0.2) is 0 Å². The van der Waals surface area contributed by atoms with Crippen LogP contribution in [-0.2, 0) is 0 Å². The van der Waals surface area contributed by atoms with Gasteiger partial charge in [-0.25, -0.2) is 13.2 Å². The first-order valence-corrected chi connectivity index (χ1v) is 4.80. The lowest BCUT2D eigenvalue weighted by Gasteiger charge is -2.06. The van der Waals surface area contributed by atoms with Gasteiger partial charge in [0.1, 0.15) is 17.5 Å². The second-order valence-electron chi connectivity index (χ2n) is 3.54. The summed E-state index contributed by atoms with van der Waals surface area (Å²) in [6.07, 6.45) is 0. The first-order chi connectivity index (χ1) is 7.59. The number of hydrogen-bond donors (Lipinski definition) is 0. The Balaban J connectivity index is 2.61. The molecule has 0 saturated carbocycles. The third-order valence-electron chi connectivity index (χ3n) is 2.46. The van der Waals surface area contributed by atoms with Gasteiger partial charge < -0.3 is 0 Å². The molecule has 0 spiro atoms. The van der Waals surface area contributed by atoms with E-state index in [1.165, 1.54) is 37.3 Å². The summed E-state index contributed by atoms with van der Waals surface area (Å²) in [7, 11) is 0. The molecule has 16 heavy (non-hydrogen) atoms. The highest BCUT2D eigenvalue weighted by Gasteiger charge is 2.11. The van der Waals surface area contributed by atoms with Crippen LogP contribution < -0.4 is 0 Å². The van der Waals surface area contributed by atoms with Gasteiger partial charge in [0.05, 0.1) is 0 Å². The maximum Gasteiger partial charge on any atom is 0.136 e. The van der Waals surface area contributed by atoms with Crippen LogP contribution in [0.15, 0.2) is 36.4 Å². The van der Waals surface area contributed by atoms with Crippen LogP contribution in [0.5, 0.6) is 0 Å². The van der Waals surface area contributed by atoms with Gasteiger partial charge in [0, 0.05) is 11.1 Å². The van der Waals surface area contributed by atoms with Gasteiger partial charge in [-0.1, -0.05) is 12.1 Å². The minimum atomic E-state index is -0.648. The van der Waals surface area contributed by atoms with Gasteiger partial charge in [-0.15, -0.1) is 0 Å². The van der Waals surface area contributed by atoms with E-state index in [1.807, 2.05) is 0 Å². The number of benzene rings is 2. The predicted molar refractivity (Wildman–Crippen MR) is 56.5 cm³/mol. The molecule has 0 aromatic heterocycles. The summed E-state index contributed by atoms with van der Waals surface area (Å²) in [5, 5.41) is 0. The molecule has 2 aromatic rings. The Morgan fingerprint density at radius 1 is 0.938 bits per heavy atom. The first kappa shape index (κ1) is 10.7. The second-order valence-corrected chi connectivity index (χ2v) is 3.54. The number of halogens is 3. The summed E-state index contributed by atoms with van der Waals surface area (Å²) in [5.41, 5.74) is 0.556. The Bertz CT molecular complexity index is 533. The minimum Gasteiger partial charge on any atom is -0.207 e. The fraction of sp³-hybridized carbons (Fsp3) is 0.0769. The van der Waals surface area contributed by atoms with Crippen molar-refractivity contribution < 1.29 is 13.2 Å². The van der Waals surface area contributed by atoms with Crippen LogP contribution in [0.3, 0.4) is 0 Å². The molecule has 0 amide bonds. The highest BCUT2D eigenvalue weighted by atomic mass is 19.1. The third kappa shape index (κ3) is 1.81. The van der Waals surface area contributed by atoms with E-state index in [4.69, 9.17) is 0 Å². The van der Waals surface area contributed by atoms with Crippen molar-refractivity contribution in [2.75, 3.05) is 0 Å². The van der Waals surface area contributed by atoms with Crippen molar-refractivity contribution in [2.45, 2.75) is 6.92 Å². The van der Waals surface area contributed by atoms with E-state index in [-0.39, 0.29) is 11.1 Å². The number of hydrogen-bond acceptors (Lipinski definition) is 0. The summed E-state index contributed by atoms with van der Waals surface area (Å²) in [6, 6.07) is 8.06. The van der Waals surface area contributed by atoms with Crippen LogP contribution in [0.1, 0.15) is 5.56 Å². The lowest BCUT2D eigenvalue weighted by Crippen LogP contribution is -1.92. The SMILES string of the molecule is Cc1c(F)ccc(-c2cccc(F)c2)c1F. The third-order valence-corrected chi connectivity index (χ3v) is 2.46. The van der Waals surface area contributed by atoms with Gasteiger partial charge in [0.25, 0.3) is 0 Å². The zero-order chi connectivity index (χ0) is 11.7. The molecule has 0 bridgehead atoms. The van der Waals surface area contributed by atoms with Gasteiger partial charge >= 0.3 is 0 Å². The standard InChI is InChI=1S/C13H9F3/c1-8-12(15)6-5-11(13(8)16)9-3-2-4-10(14)7-9/h2-7H,1H3. The highest BCUT2D eigenvalue weighted by Crippen LogP contribution is 2.26. The van der Waals surface area contributed by atoms with Crippen LogP contribution in [0.4, 0.5) is 13.2 Å². The van der Waals surface area contributed by atoms with Gasteiger partial charge in [-0.3, -0.25) is 0 Å². The first-order valence-electron chi connectivity index (χ1n) is 4.80. The van der Waals surface area contributed by atoms with E-state index in [0.29, 0.717) is 5.56 Å². The number of rotatable bonds is 1. The van der Waals surface area contributed by atoms with Crippen LogP contribution in [0, 0.1) is 24.4 Å². The zero-order valence-electron chi connectivity index (χ0n) is 8.60. The second kappa shape index (κ2) is 4.00. The molecule has 2 rings (SSSR count). The van der Waals surface area contributed by atoms with E-state index in [9.17, 15) is 13.2 Å². The molecule has 0 fully saturated rings. The lowest BCUT2D eigenvalue weighted by molar-refractivity contribution is 0.570. The minimum absolute atomic E-state index is 0.0539. The van der Waals surface area contributed by atoms with Crippen molar-refractivity contribution in [3.63, 3.8) is 0 Å². The molecule has 0 radical (unpaired) electrons. The smallest absolute Gasteiger partial charge is 0.136 e. The van der Waals surface area contributed by atoms with E-state index in [1.54, 1.807) is 6.07 Å². The molecule has 0 heterocycles. The molecule has 0 unspecified atom stereocenters. The Kier molecular flexibility index (Phi) is 2.69. The summed E-state index contributed by atoms with van der Waals surface area (Å²) in [4.78, 5) is 0. The van der Waals surface area contributed by atoms with Gasteiger partial charge in [-0.2, -0.15) is 0 Å². The highest BCUT2D eigenvalue weighted by molar-refractivity contribution is 5.65. The fourth-order valence-electron chi connectivity index (χ4n) is 1.54. The van der Waals surface area contributed by atoms with Crippen molar-refractivity contribution in [1.82, 2.24) is 0 Å². The van der Waals surface area contributed by atoms with E-state index in [0.717, 1.165) is 0 Å². The summed E-state index contributed by atoms with van der Waals surface area (Å²) < 4.78 is 39.7. The Morgan fingerprint density at radius 2 is 1.69 bits per heavy atom. The van der Waals surface area contributed by atoms with E-state index in [2.05, 4.69) is 0 Å². The van der Waals surface area contributed by atoms with Crippen molar-refractivity contribution in [3.05, 3.63) is 59.4 Å². The molecule has 0 aliphatic rings. The molecule has 0 nitrogen and oxygen atoms in total. The molecular weight excluding hydrogens is 213 g/mol. The molecule has 0 saturated heterocycles. The van der Waals surface area contributed by atoms with E-state index >= 15 is 0 Å². The molecule has 0 N–H and O–H groups in total. The van der Waals surface area contributed by atoms with Crippen LogP contribution in [0.25, 0.3) is 11.1 Å². The quantitative estimate of drug-likeness (QED) is 0.682. The fourth-order valence-corrected chi connectivity index (χ4v) is 1.54. The Morgan fingerprint density at radius 3 is 2.38 bits per heavy atom. The predicted octanol–water partition coefficient (Wildman–Crippen LogP) is 4.08. The van der Waals surface area contributed by atoms with Gasteiger partial charge in [0.2, 0.25) is 0 Å². The monoisotopic (exact) mass is 222 g/mol. The van der Waals surface area contributed by atoms with Crippen LogP contribution >= 0.6 is 0 Å². The van der Waals surface area contributed by atoms with Crippen molar-refractivity contribution in [3.8, 4) is 11.1 Å². The average molecular weight is 222 g/mol. The molecule has 82 valence electrons. The van der Waals surface area contributed by atoms with Crippen molar-refractivity contribution in [1.29, 1.82) is 0 Å². The summed E-state index contributed by atoms with van der Waals surface area (Å²) >= 11 is 0.